The van der Waals surface area contributed by atoms with Gasteiger partial charge in [0.15, 0.2) is 0 Å². The second kappa shape index (κ2) is 8.88. The van der Waals surface area contributed by atoms with Gasteiger partial charge in [-0.15, -0.1) is 23.4 Å². The smallest absolute Gasteiger partial charge is 0.123 e. The highest BCUT2D eigenvalue weighted by molar-refractivity contribution is 7.99. The number of piperazine rings is 1. The summed E-state index contributed by atoms with van der Waals surface area (Å²) in [6, 6.07) is 8.86. The molecule has 0 radical (unpaired) electrons. The molecule has 0 unspecified atom stereocenters. The first kappa shape index (κ1) is 18.5. The largest absolute Gasteiger partial charge is 0.369 e. The normalized spacial score (nSPS) is 15.6. The number of hydrogen-bond acceptors (Lipinski definition) is 4. The van der Waals surface area contributed by atoms with Crippen molar-refractivity contribution in [2.75, 3.05) is 43.4 Å². The van der Waals surface area contributed by atoms with E-state index in [-0.39, 0.29) is 5.82 Å². The van der Waals surface area contributed by atoms with Gasteiger partial charge in [-0.2, -0.15) is 0 Å². The number of hydrogen-bond donors (Lipinski definition) is 0. The molecule has 1 aromatic carbocycles. The van der Waals surface area contributed by atoms with Crippen LogP contribution in [-0.2, 0) is 5.88 Å². The number of anilines is 1. The van der Waals surface area contributed by atoms with Crippen LogP contribution in [0, 0.1) is 12.7 Å². The molecule has 1 aromatic heterocycles. The van der Waals surface area contributed by atoms with Gasteiger partial charge in [0.1, 0.15) is 5.82 Å². The number of thioether (sulfide) groups is 1. The molecule has 1 fully saturated rings. The Morgan fingerprint density at radius 3 is 2.52 bits per heavy atom. The molecule has 6 heteroatoms. The third-order valence-electron chi connectivity index (χ3n) is 4.61. The minimum Gasteiger partial charge on any atom is -0.369 e. The Labute approximate surface area is 158 Å². The SMILES string of the molecule is Cc1c(SCCN2CCN(c3ccc(F)cc3)CC2)ccnc1CCl. The van der Waals surface area contributed by atoms with E-state index >= 15 is 0 Å². The number of pyridine rings is 1. The standard InChI is InChI=1S/C19H23ClFN3S/c1-15-18(14-20)22-7-6-19(15)25-13-12-23-8-10-24(11-9-23)17-4-2-16(21)3-5-17/h2-7H,8-14H2,1H3. The van der Waals surface area contributed by atoms with Gasteiger partial charge in [0.25, 0.3) is 0 Å². The third-order valence-corrected chi connectivity index (χ3v) is 6.01. The fourth-order valence-electron chi connectivity index (χ4n) is 3.02. The van der Waals surface area contributed by atoms with Gasteiger partial charge in [-0.05, 0) is 42.8 Å². The van der Waals surface area contributed by atoms with Gasteiger partial charge in [-0.1, -0.05) is 0 Å². The van der Waals surface area contributed by atoms with Crippen LogP contribution in [0.1, 0.15) is 11.3 Å². The van der Waals surface area contributed by atoms with Crippen molar-refractivity contribution < 1.29 is 4.39 Å². The van der Waals surface area contributed by atoms with Crippen molar-refractivity contribution >= 4 is 29.1 Å². The van der Waals surface area contributed by atoms with E-state index in [4.69, 9.17) is 11.6 Å². The van der Waals surface area contributed by atoms with E-state index < -0.39 is 0 Å². The van der Waals surface area contributed by atoms with Crippen LogP contribution in [0.25, 0.3) is 0 Å². The molecule has 1 aliphatic heterocycles. The molecule has 0 bridgehead atoms. The monoisotopic (exact) mass is 379 g/mol. The van der Waals surface area contributed by atoms with Crippen molar-refractivity contribution in [3.05, 3.63) is 53.6 Å². The van der Waals surface area contributed by atoms with Gasteiger partial charge in [0, 0.05) is 55.3 Å². The highest BCUT2D eigenvalue weighted by Crippen LogP contribution is 2.24. The van der Waals surface area contributed by atoms with E-state index in [0.29, 0.717) is 5.88 Å². The fourth-order valence-corrected chi connectivity index (χ4v) is 4.35. The van der Waals surface area contributed by atoms with E-state index in [2.05, 4.69) is 27.8 Å². The highest BCUT2D eigenvalue weighted by Gasteiger charge is 2.17. The first-order valence-electron chi connectivity index (χ1n) is 8.53. The van der Waals surface area contributed by atoms with Crippen LogP contribution < -0.4 is 4.90 Å². The topological polar surface area (TPSA) is 19.4 Å². The van der Waals surface area contributed by atoms with Gasteiger partial charge in [0.2, 0.25) is 0 Å². The van der Waals surface area contributed by atoms with Gasteiger partial charge >= 0.3 is 0 Å². The summed E-state index contributed by atoms with van der Waals surface area (Å²) in [7, 11) is 0. The van der Waals surface area contributed by atoms with Crippen molar-refractivity contribution in [3.8, 4) is 0 Å². The summed E-state index contributed by atoms with van der Waals surface area (Å²) >= 11 is 7.80. The predicted molar refractivity (Wildman–Crippen MR) is 104 cm³/mol. The van der Waals surface area contributed by atoms with Crippen molar-refractivity contribution in [3.63, 3.8) is 0 Å². The minimum atomic E-state index is -0.178. The zero-order valence-corrected chi connectivity index (χ0v) is 16.0. The Kier molecular flexibility index (Phi) is 6.57. The molecule has 0 spiro atoms. The maximum absolute atomic E-state index is 13.0. The van der Waals surface area contributed by atoms with Crippen LogP contribution in [0.15, 0.2) is 41.4 Å². The molecule has 134 valence electrons. The number of rotatable bonds is 6. The Bertz CT molecular complexity index is 688. The summed E-state index contributed by atoms with van der Waals surface area (Å²) in [6.07, 6.45) is 1.84. The van der Waals surface area contributed by atoms with Crippen LogP contribution in [0.3, 0.4) is 0 Å². The first-order chi connectivity index (χ1) is 12.2. The molecule has 3 nitrogen and oxygen atoms in total. The molecule has 0 aliphatic carbocycles. The van der Waals surface area contributed by atoms with Crippen molar-refractivity contribution in [2.45, 2.75) is 17.7 Å². The average molecular weight is 380 g/mol. The molecule has 1 saturated heterocycles. The van der Waals surface area contributed by atoms with Crippen LogP contribution in [0.5, 0.6) is 0 Å². The molecule has 2 heterocycles. The summed E-state index contributed by atoms with van der Waals surface area (Å²) < 4.78 is 13.0. The molecule has 0 amide bonds. The molecular formula is C19H23ClFN3S. The molecule has 1 aliphatic rings. The lowest BCUT2D eigenvalue weighted by molar-refractivity contribution is 0.273. The first-order valence-corrected chi connectivity index (χ1v) is 10.1. The molecular weight excluding hydrogens is 357 g/mol. The lowest BCUT2D eigenvalue weighted by Gasteiger charge is -2.36. The number of aromatic nitrogens is 1. The van der Waals surface area contributed by atoms with Crippen molar-refractivity contribution in [2.24, 2.45) is 0 Å². The van der Waals surface area contributed by atoms with Gasteiger partial charge < -0.3 is 4.90 Å². The zero-order chi connectivity index (χ0) is 17.6. The second-order valence-electron chi connectivity index (χ2n) is 6.17. The number of benzene rings is 1. The average Bonchev–Trinajstić information content (AvgIpc) is 2.64. The van der Waals surface area contributed by atoms with Crippen LogP contribution in [0.2, 0.25) is 0 Å². The van der Waals surface area contributed by atoms with Crippen LogP contribution in [0.4, 0.5) is 10.1 Å². The molecule has 25 heavy (non-hydrogen) atoms. The quantitative estimate of drug-likeness (QED) is 0.553. The van der Waals surface area contributed by atoms with Gasteiger partial charge in [-0.3, -0.25) is 9.88 Å². The van der Waals surface area contributed by atoms with Gasteiger partial charge in [-0.25, -0.2) is 4.39 Å². The predicted octanol–water partition coefficient (Wildman–Crippen LogP) is 4.18. The Hall–Kier alpha value is -1.30. The van der Waals surface area contributed by atoms with Crippen LogP contribution >= 0.6 is 23.4 Å². The molecule has 0 atom stereocenters. The van der Waals surface area contributed by atoms with E-state index in [9.17, 15) is 4.39 Å². The number of nitrogens with zero attached hydrogens (tertiary/aromatic N) is 3. The second-order valence-corrected chi connectivity index (χ2v) is 7.57. The molecule has 0 N–H and O–H groups in total. The number of alkyl halides is 1. The van der Waals surface area contributed by atoms with E-state index in [1.807, 2.05) is 30.1 Å². The van der Waals surface area contributed by atoms with Crippen LogP contribution in [-0.4, -0.2) is 48.4 Å². The number of halogens is 2. The Morgan fingerprint density at radius 2 is 1.84 bits per heavy atom. The van der Waals surface area contributed by atoms with E-state index in [1.54, 1.807) is 0 Å². The van der Waals surface area contributed by atoms with Crippen molar-refractivity contribution in [1.29, 1.82) is 0 Å². The highest BCUT2D eigenvalue weighted by atomic mass is 35.5. The summed E-state index contributed by atoms with van der Waals surface area (Å²) in [5.74, 6) is 1.34. The summed E-state index contributed by atoms with van der Waals surface area (Å²) in [5, 5.41) is 0. The summed E-state index contributed by atoms with van der Waals surface area (Å²) in [5.41, 5.74) is 3.28. The summed E-state index contributed by atoms with van der Waals surface area (Å²) in [6.45, 7) is 7.22. The van der Waals surface area contributed by atoms with E-state index in [1.165, 1.54) is 22.6 Å². The van der Waals surface area contributed by atoms with Crippen molar-refractivity contribution in [1.82, 2.24) is 9.88 Å². The molecule has 3 rings (SSSR count). The maximum atomic E-state index is 13.0. The lowest BCUT2D eigenvalue weighted by Crippen LogP contribution is -2.47. The van der Waals surface area contributed by atoms with Gasteiger partial charge in [0.05, 0.1) is 11.6 Å². The Balaban J connectivity index is 1.44. The third kappa shape index (κ3) is 4.87. The zero-order valence-electron chi connectivity index (χ0n) is 14.4. The van der Waals surface area contributed by atoms with E-state index in [0.717, 1.165) is 49.9 Å². The Morgan fingerprint density at radius 1 is 1.12 bits per heavy atom. The molecule has 0 saturated carbocycles. The summed E-state index contributed by atoms with van der Waals surface area (Å²) in [4.78, 5) is 10.4. The fraction of sp³-hybridized carbons (Fsp3) is 0.421. The maximum Gasteiger partial charge on any atom is 0.123 e. The molecule has 2 aromatic rings. The lowest BCUT2D eigenvalue weighted by atomic mass is 10.2. The minimum absolute atomic E-state index is 0.178.